The number of aryl methyl sites for hydroxylation is 1. The lowest BCUT2D eigenvalue weighted by Gasteiger charge is -2.07. The third kappa shape index (κ3) is 3.80. The van der Waals surface area contributed by atoms with Crippen LogP contribution in [0.2, 0.25) is 0 Å². The molecule has 128 valence electrons. The Balaban J connectivity index is 1.92. The molecule has 0 saturated carbocycles. The average Bonchev–Trinajstić information content (AvgIpc) is 2.95. The number of nitrogens with zero attached hydrogens (tertiary/aromatic N) is 3. The predicted molar refractivity (Wildman–Crippen MR) is 105 cm³/mol. The fourth-order valence-electron chi connectivity index (χ4n) is 2.78. The zero-order valence-electron chi connectivity index (χ0n) is 14.4. The van der Waals surface area contributed by atoms with Gasteiger partial charge in [-0.25, -0.2) is 0 Å². The van der Waals surface area contributed by atoms with Crippen LogP contribution in [0.25, 0.3) is 10.9 Å². The summed E-state index contributed by atoms with van der Waals surface area (Å²) in [5, 5.41) is 12.4. The number of nitrogens with two attached hydrogens (primary N) is 2. The third-order valence-corrected chi connectivity index (χ3v) is 4.03. The maximum absolute atomic E-state index is 5.36. The van der Waals surface area contributed by atoms with Gasteiger partial charge in [0.1, 0.15) is 0 Å². The van der Waals surface area contributed by atoms with Gasteiger partial charge in [-0.1, -0.05) is 30.3 Å². The van der Waals surface area contributed by atoms with Gasteiger partial charge in [0.25, 0.3) is 0 Å². The molecule has 0 aliphatic carbocycles. The monoisotopic (exact) mass is 334 g/mol. The van der Waals surface area contributed by atoms with Crippen LogP contribution in [-0.4, -0.2) is 16.2 Å². The fourth-order valence-corrected chi connectivity index (χ4v) is 2.78. The van der Waals surface area contributed by atoms with Gasteiger partial charge in [-0.05, 0) is 30.7 Å². The standard InChI is InChI=1S/C19H22N6/c1-13(23-24-19(20)21)17-12-25(2)18-9-8-15(10-16(17)18)22-11-14-6-4-3-5-7-14/h3-10,12,22H,11H2,1-2H3,(H4,20,21,24)/b23-13-. The van der Waals surface area contributed by atoms with Crippen LogP contribution in [-0.2, 0) is 13.6 Å². The number of benzene rings is 2. The Morgan fingerprint density at radius 3 is 2.56 bits per heavy atom. The second kappa shape index (κ2) is 7.09. The molecular weight excluding hydrogens is 312 g/mol. The van der Waals surface area contributed by atoms with Crippen molar-refractivity contribution in [3.63, 3.8) is 0 Å². The van der Waals surface area contributed by atoms with Gasteiger partial charge in [0, 0.05) is 41.9 Å². The van der Waals surface area contributed by atoms with Crippen molar-refractivity contribution in [3.8, 4) is 0 Å². The summed E-state index contributed by atoms with van der Waals surface area (Å²) in [6.45, 7) is 2.67. The molecule has 2 aromatic carbocycles. The van der Waals surface area contributed by atoms with Gasteiger partial charge in [-0.2, -0.15) is 5.10 Å². The Morgan fingerprint density at radius 2 is 1.84 bits per heavy atom. The summed E-state index contributed by atoms with van der Waals surface area (Å²) in [4.78, 5) is 0. The van der Waals surface area contributed by atoms with Gasteiger partial charge in [0.2, 0.25) is 5.96 Å². The summed E-state index contributed by atoms with van der Waals surface area (Å²) < 4.78 is 2.07. The first-order chi connectivity index (χ1) is 12.0. The summed E-state index contributed by atoms with van der Waals surface area (Å²) in [6, 6.07) is 16.6. The minimum Gasteiger partial charge on any atom is -0.381 e. The molecule has 6 heteroatoms. The van der Waals surface area contributed by atoms with E-state index in [0.29, 0.717) is 0 Å². The number of guanidine groups is 1. The normalized spacial score (nSPS) is 11.5. The quantitative estimate of drug-likeness (QED) is 0.380. The highest BCUT2D eigenvalue weighted by Crippen LogP contribution is 2.25. The SMILES string of the molecule is C/C(=N/N=C(N)N)c1cn(C)c2ccc(NCc3ccccc3)cc12. The molecule has 25 heavy (non-hydrogen) atoms. The molecule has 6 nitrogen and oxygen atoms in total. The Kier molecular flexibility index (Phi) is 4.70. The molecule has 0 amide bonds. The lowest BCUT2D eigenvalue weighted by atomic mass is 10.1. The molecule has 0 bridgehead atoms. The fraction of sp³-hybridized carbons (Fsp3) is 0.158. The number of hydrogen-bond acceptors (Lipinski definition) is 3. The summed E-state index contributed by atoms with van der Waals surface area (Å²) >= 11 is 0. The second-order valence-electron chi connectivity index (χ2n) is 5.94. The van der Waals surface area contributed by atoms with Crippen LogP contribution in [0.5, 0.6) is 0 Å². The molecule has 3 rings (SSSR count). The van der Waals surface area contributed by atoms with Crippen LogP contribution in [0.4, 0.5) is 5.69 Å². The number of nitrogens with one attached hydrogen (secondary N) is 1. The Morgan fingerprint density at radius 1 is 1.08 bits per heavy atom. The summed E-state index contributed by atoms with van der Waals surface area (Å²) in [6.07, 6.45) is 2.03. The van der Waals surface area contributed by atoms with E-state index in [0.717, 1.165) is 34.4 Å². The van der Waals surface area contributed by atoms with Crippen molar-refractivity contribution in [1.29, 1.82) is 0 Å². The lowest BCUT2D eigenvalue weighted by molar-refractivity contribution is 0.967. The summed E-state index contributed by atoms with van der Waals surface area (Å²) in [5.74, 6) is -0.0511. The molecule has 0 aliphatic heterocycles. The number of hydrogen-bond donors (Lipinski definition) is 3. The highest BCUT2D eigenvalue weighted by Gasteiger charge is 2.10. The zero-order chi connectivity index (χ0) is 17.8. The minimum absolute atomic E-state index is 0.0511. The van der Waals surface area contributed by atoms with Crippen molar-refractivity contribution in [2.75, 3.05) is 5.32 Å². The first-order valence-electron chi connectivity index (χ1n) is 8.05. The van der Waals surface area contributed by atoms with Crippen LogP contribution in [0.3, 0.4) is 0 Å². The van der Waals surface area contributed by atoms with E-state index < -0.39 is 0 Å². The number of rotatable bonds is 5. The van der Waals surface area contributed by atoms with Crippen molar-refractivity contribution in [2.45, 2.75) is 13.5 Å². The topological polar surface area (TPSA) is 93.7 Å². The Labute approximate surface area is 146 Å². The van der Waals surface area contributed by atoms with Gasteiger partial charge in [-0.15, -0.1) is 5.10 Å². The van der Waals surface area contributed by atoms with Crippen molar-refractivity contribution in [1.82, 2.24) is 4.57 Å². The number of fused-ring (bicyclic) bond motifs is 1. The molecule has 0 saturated heterocycles. The van der Waals surface area contributed by atoms with Crippen LogP contribution >= 0.6 is 0 Å². The third-order valence-electron chi connectivity index (χ3n) is 4.03. The summed E-state index contributed by atoms with van der Waals surface area (Å²) in [7, 11) is 2.01. The lowest BCUT2D eigenvalue weighted by Crippen LogP contribution is -2.22. The smallest absolute Gasteiger partial charge is 0.211 e. The van der Waals surface area contributed by atoms with Gasteiger partial charge < -0.3 is 21.4 Å². The minimum atomic E-state index is -0.0511. The van der Waals surface area contributed by atoms with Crippen molar-refractivity contribution in [3.05, 3.63) is 65.9 Å². The molecular formula is C19H22N6. The molecule has 0 spiro atoms. The van der Waals surface area contributed by atoms with E-state index in [2.05, 4.69) is 50.4 Å². The van der Waals surface area contributed by atoms with Crippen LogP contribution in [0, 0.1) is 0 Å². The number of anilines is 1. The van der Waals surface area contributed by atoms with E-state index in [4.69, 9.17) is 11.5 Å². The molecule has 0 radical (unpaired) electrons. The highest BCUT2D eigenvalue weighted by molar-refractivity contribution is 6.10. The van der Waals surface area contributed by atoms with E-state index in [-0.39, 0.29) is 5.96 Å². The van der Waals surface area contributed by atoms with E-state index in [1.807, 2.05) is 38.4 Å². The number of aromatic nitrogens is 1. The highest BCUT2D eigenvalue weighted by atomic mass is 15.3. The average molecular weight is 334 g/mol. The largest absolute Gasteiger partial charge is 0.381 e. The van der Waals surface area contributed by atoms with E-state index in [1.54, 1.807) is 0 Å². The van der Waals surface area contributed by atoms with Gasteiger partial charge in [-0.3, -0.25) is 0 Å². The molecule has 0 atom stereocenters. The van der Waals surface area contributed by atoms with Gasteiger partial charge >= 0.3 is 0 Å². The first-order valence-corrected chi connectivity index (χ1v) is 8.05. The zero-order valence-corrected chi connectivity index (χ0v) is 14.4. The Hall–Kier alpha value is -3.28. The summed E-state index contributed by atoms with van der Waals surface area (Å²) in [5.41, 5.74) is 15.9. The van der Waals surface area contributed by atoms with Crippen molar-refractivity contribution < 1.29 is 0 Å². The van der Waals surface area contributed by atoms with Gasteiger partial charge in [0.15, 0.2) is 0 Å². The molecule has 1 aromatic heterocycles. The molecule has 0 unspecified atom stereocenters. The van der Waals surface area contributed by atoms with Crippen LogP contribution in [0.1, 0.15) is 18.1 Å². The maximum atomic E-state index is 5.36. The molecule has 0 fully saturated rings. The second-order valence-corrected chi connectivity index (χ2v) is 5.94. The maximum Gasteiger partial charge on any atom is 0.211 e. The molecule has 1 heterocycles. The van der Waals surface area contributed by atoms with Crippen molar-refractivity contribution in [2.24, 2.45) is 28.7 Å². The van der Waals surface area contributed by atoms with E-state index in [1.165, 1.54) is 5.56 Å². The van der Waals surface area contributed by atoms with Gasteiger partial charge in [0.05, 0.1) is 5.71 Å². The van der Waals surface area contributed by atoms with Crippen LogP contribution in [0.15, 0.2) is 64.9 Å². The molecule has 3 aromatic rings. The predicted octanol–water partition coefficient (Wildman–Crippen LogP) is 2.79. The first kappa shape index (κ1) is 16.6. The molecule has 0 aliphatic rings. The van der Waals surface area contributed by atoms with E-state index >= 15 is 0 Å². The molecule has 5 N–H and O–H groups in total. The van der Waals surface area contributed by atoms with Crippen molar-refractivity contribution >= 4 is 28.3 Å². The Bertz CT molecular complexity index is 933. The van der Waals surface area contributed by atoms with E-state index in [9.17, 15) is 0 Å². The van der Waals surface area contributed by atoms with Crippen LogP contribution < -0.4 is 16.8 Å².